The molecule has 1 aliphatic rings. The summed E-state index contributed by atoms with van der Waals surface area (Å²) in [6.45, 7) is 2.45. The second kappa shape index (κ2) is 6.93. The Balaban J connectivity index is 1.81. The number of methoxy groups -OCH3 is 1. The number of hydrogen-bond donors (Lipinski definition) is 0. The normalized spacial score (nSPS) is 17.6. The SMILES string of the molecule is COc1ccccc1C(=O)N1CCN(c2ccc(F)cc2)C(=O)C1C. The third-order valence-electron chi connectivity index (χ3n) is 4.39. The zero-order chi connectivity index (χ0) is 18.0. The van der Waals surface area contributed by atoms with E-state index in [4.69, 9.17) is 4.74 Å². The van der Waals surface area contributed by atoms with E-state index in [2.05, 4.69) is 0 Å². The Morgan fingerprint density at radius 2 is 1.80 bits per heavy atom. The maximum atomic E-state index is 13.1. The first kappa shape index (κ1) is 17.0. The van der Waals surface area contributed by atoms with Crippen molar-refractivity contribution in [2.45, 2.75) is 13.0 Å². The Kier molecular flexibility index (Phi) is 4.70. The predicted molar refractivity (Wildman–Crippen MR) is 92.2 cm³/mol. The molecule has 25 heavy (non-hydrogen) atoms. The molecular formula is C19H19FN2O3. The maximum Gasteiger partial charge on any atom is 0.258 e. The number of nitrogens with zero attached hydrogens (tertiary/aromatic N) is 2. The zero-order valence-corrected chi connectivity index (χ0v) is 14.1. The standard InChI is InChI=1S/C19H19FN2O3/c1-13-18(23)22(15-9-7-14(20)8-10-15)12-11-21(13)19(24)16-5-3-4-6-17(16)25-2/h3-10,13H,11-12H2,1-2H3. The summed E-state index contributed by atoms with van der Waals surface area (Å²) in [6, 6.07) is 12.1. The Morgan fingerprint density at radius 1 is 1.12 bits per heavy atom. The minimum Gasteiger partial charge on any atom is -0.496 e. The van der Waals surface area contributed by atoms with E-state index in [1.807, 2.05) is 0 Å². The fourth-order valence-electron chi connectivity index (χ4n) is 3.00. The summed E-state index contributed by atoms with van der Waals surface area (Å²) in [4.78, 5) is 28.7. The number of anilines is 1. The predicted octanol–water partition coefficient (Wildman–Crippen LogP) is 2.71. The van der Waals surface area contributed by atoms with Crippen molar-refractivity contribution in [2.24, 2.45) is 0 Å². The Hall–Kier alpha value is -2.89. The number of amides is 2. The zero-order valence-electron chi connectivity index (χ0n) is 14.1. The molecule has 0 aliphatic carbocycles. The molecule has 130 valence electrons. The Labute approximate surface area is 145 Å². The number of rotatable bonds is 3. The van der Waals surface area contributed by atoms with Gasteiger partial charge in [-0.15, -0.1) is 0 Å². The van der Waals surface area contributed by atoms with E-state index >= 15 is 0 Å². The molecule has 1 heterocycles. The average Bonchev–Trinajstić information content (AvgIpc) is 2.64. The lowest BCUT2D eigenvalue weighted by Gasteiger charge is -2.39. The number of para-hydroxylation sites is 1. The number of benzene rings is 2. The van der Waals surface area contributed by atoms with Crippen LogP contribution in [0, 0.1) is 5.82 Å². The van der Waals surface area contributed by atoms with Gasteiger partial charge in [0.15, 0.2) is 0 Å². The van der Waals surface area contributed by atoms with Gasteiger partial charge in [0.05, 0.1) is 12.7 Å². The van der Waals surface area contributed by atoms with Crippen molar-refractivity contribution in [3.05, 3.63) is 59.9 Å². The van der Waals surface area contributed by atoms with Crippen molar-refractivity contribution in [3.63, 3.8) is 0 Å². The molecule has 2 amide bonds. The first-order chi connectivity index (χ1) is 12.0. The van der Waals surface area contributed by atoms with Gasteiger partial charge in [0.1, 0.15) is 17.6 Å². The molecule has 2 aromatic rings. The minimum atomic E-state index is -0.615. The van der Waals surface area contributed by atoms with Gasteiger partial charge in [0.25, 0.3) is 5.91 Å². The fourth-order valence-corrected chi connectivity index (χ4v) is 3.00. The summed E-state index contributed by atoms with van der Waals surface area (Å²) in [5.74, 6) is -0.305. The van der Waals surface area contributed by atoms with Crippen molar-refractivity contribution in [3.8, 4) is 5.75 Å². The smallest absolute Gasteiger partial charge is 0.258 e. The van der Waals surface area contributed by atoms with Crippen molar-refractivity contribution >= 4 is 17.5 Å². The van der Waals surface area contributed by atoms with E-state index in [9.17, 15) is 14.0 Å². The van der Waals surface area contributed by atoms with Crippen molar-refractivity contribution < 1.29 is 18.7 Å². The maximum absolute atomic E-state index is 13.1. The minimum absolute atomic E-state index is 0.193. The Morgan fingerprint density at radius 3 is 2.48 bits per heavy atom. The van der Waals surface area contributed by atoms with Crippen LogP contribution >= 0.6 is 0 Å². The first-order valence-electron chi connectivity index (χ1n) is 8.04. The summed E-state index contributed by atoms with van der Waals surface area (Å²) in [5, 5.41) is 0. The quantitative estimate of drug-likeness (QED) is 0.862. The van der Waals surface area contributed by atoms with Gasteiger partial charge >= 0.3 is 0 Å². The van der Waals surface area contributed by atoms with Crippen molar-refractivity contribution in [1.82, 2.24) is 4.90 Å². The molecular weight excluding hydrogens is 323 g/mol. The Bertz CT molecular complexity index is 792. The molecule has 2 aromatic carbocycles. The number of carbonyl (C=O) groups excluding carboxylic acids is 2. The van der Waals surface area contributed by atoms with E-state index in [1.165, 1.54) is 19.2 Å². The molecule has 6 heteroatoms. The first-order valence-corrected chi connectivity index (χ1v) is 8.04. The van der Waals surface area contributed by atoms with E-state index in [0.29, 0.717) is 30.1 Å². The van der Waals surface area contributed by atoms with Crippen LogP contribution in [0.25, 0.3) is 0 Å². The van der Waals surface area contributed by atoms with Gasteiger partial charge in [-0.05, 0) is 43.3 Å². The van der Waals surface area contributed by atoms with Gasteiger partial charge in [-0.3, -0.25) is 9.59 Å². The van der Waals surface area contributed by atoms with Crippen LogP contribution in [-0.2, 0) is 4.79 Å². The molecule has 0 saturated carbocycles. The van der Waals surface area contributed by atoms with Gasteiger partial charge in [0.2, 0.25) is 5.91 Å². The molecule has 1 fully saturated rings. The molecule has 1 unspecified atom stereocenters. The summed E-state index contributed by atoms with van der Waals surface area (Å²) < 4.78 is 18.3. The van der Waals surface area contributed by atoms with Crippen LogP contribution in [0.1, 0.15) is 17.3 Å². The number of carbonyl (C=O) groups is 2. The molecule has 0 radical (unpaired) electrons. The highest BCUT2D eigenvalue weighted by atomic mass is 19.1. The van der Waals surface area contributed by atoms with Gasteiger partial charge in [-0.1, -0.05) is 12.1 Å². The van der Waals surface area contributed by atoms with Crippen molar-refractivity contribution in [2.75, 3.05) is 25.1 Å². The van der Waals surface area contributed by atoms with E-state index < -0.39 is 6.04 Å². The summed E-state index contributed by atoms with van der Waals surface area (Å²) in [5.41, 5.74) is 1.06. The third kappa shape index (κ3) is 3.20. The van der Waals surface area contributed by atoms with Crippen molar-refractivity contribution in [1.29, 1.82) is 0 Å². The molecule has 0 spiro atoms. The van der Waals surface area contributed by atoms with E-state index in [-0.39, 0.29) is 17.6 Å². The summed E-state index contributed by atoms with van der Waals surface area (Å²) >= 11 is 0. The van der Waals surface area contributed by atoms with E-state index in [0.717, 1.165) is 0 Å². The lowest BCUT2D eigenvalue weighted by Crippen LogP contribution is -2.57. The fraction of sp³-hybridized carbons (Fsp3) is 0.263. The third-order valence-corrected chi connectivity index (χ3v) is 4.39. The van der Waals surface area contributed by atoms with Crippen LogP contribution in [0.5, 0.6) is 5.75 Å². The number of ether oxygens (including phenoxy) is 1. The van der Waals surface area contributed by atoms with Gasteiger partial charge in [-0.25, -0.2) is 4.39 Å². The number of piperazine rings is 1. The second-order valence-electron chi connectivity index (χ2n) is 5.84. The second-order valence-corrected chi connectivity index (χ2v) is 5.84. The molecule has 0 N–H and O–H groups in total. The van der Waals surface area contributed by atoms with Gasteiger partial charge in [0, 0.05) is 18.8 Å². The van der Waals surface area contributed by atoms with E-state index in [1.54, 1.807) is 53.1 Å². The molecule has 1 atom stereocenters. The average molecular weight is 342 g/mol. The van der Waals surface area contributed by atoms with Crippen LogP contribution in [-0.4, -0.2) is 43.0 Å². The van der Waals surface area contributed by atoms with Crippen LogP contribution in [0.15, 0.2) is 48.5 Å². The monoisotopic (exact) mass is 342 g/mol. The number of halogens is 1. The molecule has 5 nitrogen and oxygen atoms in total. The molecule has 1 aliphatic heterocycles. The lowest BCUT2D eigenvalue weighted by atomic mass is 10.1. The lowest BCUT2D eigenvalue weighted by molar-refractivity contribution is -0.124. The highest BCUT2D eigenvalue weighted by molar-refractivity contribution is 6.04. The van der Waals surface area contributed by atoms with Crippen LogP contribution in [0.2, 0.25) is 0 Å². The summed E-state index contributed by atoms with van der Waals surface area (Å²) in [6.07, 6.45) is 0. The van der Waals surface area contributed by atoms with Gasteiger partial charge in [-0.2, -0.15) is 0 Å². The van der Waals surface area contributed by atoms with Crippen LogP contribution in [0.4, 0.5) is 10.1 Å². The topological polar surface area (TPSA) is 49.9 Å². The number of hydrogen-bond acceptors (Lipinski definition) is 3. The highest BCUT2D eigenvalue weighted by Crippen LogP contribution is 2.25. The highest BCUT2D eigenvalue weighted by Gasteiger charge is 2.36. The molecule has 0 aromatic heterocycles. The summed E-state index contributed by atoms with van der Waals surface area (Å²) in [7, 11) is 1.51. The molecule has 0 bridgehead atoms. The van der Waals surface area contributed by atoms with Crippen LogP contribution < -0.4 is 9.64 Å². The molecule has 1 saturated heterocycles. The van der Waals surface area contributed by atoms with Gasteiger partial charge < -0.3 is 14.5 Å². The van der Waals surface area contributed by atoms with Crippen LogP contribution in [0.3, 0.4) is 0 Å². The molecule has 3 rings (SSSR count). The largest absolute Gasteiger partial charge is 0.496 e.